The quantitative estimate of drug-likeness (QED) is 0.505. The molecule has 4 aromatic rings. The van der Waals surface area contributed by atoms with Crippen molar-refractivity contribution in [3.8, 4) is 11.4 Å². The number of carbonyl (C=O) groups excluding carboxylic acids is 1. The first-order valence-corrected chi connectivity index (χ1v) is 10.5. The van der Waals surface area contributed by atoms with Crippen LogP contribution in [-0.4, -0.2) is 47.3 Å². The molecule has 1 N–H and O–H groups in total. The standard InChI is InChI=1S/C23H21FN8O/c1-15-12-32(30-29-15)14-21(33)31-10-8-20-19(13-31)23(26-18-6-4-17(24)5-7-18)28-22(27-20)16-3-2-9-25-11-16/h2-7,9,11-12H,8,10,13-14H2,1H3,(H,26,27,28). The Labute approximate surface area is 189 Å². The molecule has 0 saturated heterocycles. The molecular formula is C23H21FN8O. The van der Waals surface area contributed by atoms with Crippen LogP contribution in [0.3, 0.4) is 0 Å². The van der Waals surface area contributed by atoms with Crippen LogP contribution in [0.15, 0.2) is 55.0 Å². The van der Waals surface area contributed by atoms with Gasteiger partial charge in [0.05, 0.1) is 17.9 Å². The van der Waals surface area contributed by atoms with Crippen LogP contribution in [0, 0.1) is 12.7 Å². The number of pyridine rings is 1. The smallest absolute Gasteiger partial charge is 0.244 e. The van der Waals surface area contributed by atoms with Gasteiger partial charge in [0, 0.05) is 48.4 Å². The van der Waals surface area contributed by atoms with Crippen LogP contribution >= 0.6 is 0 Å². The number of aryl methyl sites for hydroxylation is 1. The number of nitrogens with zero attached hydrogens (tertiary/aromatic N) is 7. The summed E-state index contributed by atoms with van der Waals surface area (Å²) in [5, 5.41) is 11.2. The molecule has 5 rings (SSSR count). The Bertz CT molecular complexity index is 1290. The molecule has 166 valence electrons. The summed E-state index contributed by atoms with van der Waals surface area (Å²) in [5.41, 5.74) is 3.95. The minimum atomic E-state index is -0.318. The van der Waals surface area contributed by atoms with Gasteiger partial charge in [-0.1, -0.05) is 5.21 Å². The maximum absolute atomic E-state index is 13.4. The van der Waals surface area contributed by atoms with Gasteiger partial charge in [-0.15, -0.1) is 5.10 Å². The molecule has 10 heteroatoms. The summed E-state index contributed by atoms with van der Waals surface area (Å²) < 4.78 is 14.9. The molecule has 0 saturated carbocycles. The average Bonchev–Trinajstić information content (AvgIpc) is 3.25. The first-order chi connectivity index (χ1) is 16.0. The number of nitrogens with one attached hydrogen (secondary N) is 1. The van der Waals surface area contributed by atoms with E-state index in [0.717, 1.165) is 22.5 Å². The number of benzene rings is 1. The van der Waals surface area contributed by atoms with E-state index in [9.17, 15) is 9.18 Å². The van der Waals surface area contributed by atoms with Crippen molar-refractivity contribution < 1.29 is 9.18 Å². The first-order valence-electron chi connectivity index (χ1n) is 10.5. The van der Waals surface area contributed by atoms with Crippen LogP contribution in [0.1, 0.15) is 17.0 Å². The number of hydrogen-bond donors (Lipinski definition) is 1. The second-order valence-electron chi connectivity index (χ2n) is 7.82. The molecule has 0 radical (unpaired) electrons. The summed E-state index contributed by atoms with van der Waals surface area (Å²) in [6.45, 7) is 2.85. The predicted molar refractivity (Wildman–Crippen MR) is 119 cm³/mol. The Morgan fingerprint density at radius 2 is 2.03 bits per heavy atom. The third-order valence-electron chi connectivity index (χ3n) is 5.39. The molecule has 0 fully saturated rings. The Kier molecular flexibility index (Phi) is 5.47. The highest BCUT2D eigenvalue weighted by molar-refractivity contribution is 5.77. The van der Waals surface area contributed by atoms with Crippen molar-refractivity contribution in [1.82, 2.24) is 34.8 Å². The van der Waals surface area contributed by atoms with Gasteiger partial charge < -0.3 is 10.2 Å². The zero-order valence-corrected chi connectivity index (χ0v) is 17.9. The van der Waals surface area contributed by atoms with Crippen LogP contribution in [-0.2, 0) is 24.3 Å². The minimum Gasteiger partial charge on any atom is -0.340 e. The fourth-order valence-electron chi connectivity index (χ4n) is 3.74. The second kappa shape index (κ2) is 8.73. The number of aromatic nitrogens is 6. The number of amides is 1. The molecule has 0 unspecified atom stereocenters. The molecular weight excluding hydrogens is 423 g/mol. The lowest BCUT2D eigenvalue weighted by Gasteiger charge is -2.30. The van der Waals surface area contributed by atoms with Crippen molar-refractivity contribution in [2.75, 3.05) is 11.9 Å². The van der Waals surface area contributed by atoms with Gasteiger partial charge in [-0.2, -0.15) is 0 Å². The highest BCUT2D eigenvalue weighted by Gasteiger charge is 2.26. The molecule has 1 aliphatic rings. The van der Waals surface area contributed by atoms with E-state index in [1.54, 1.807) is 35.6 Å². The Balaban J connectivity index is 1.47. The average molecular weight is 444 g/mol. The molecule has 3 aromatic heterocycles. The van der Waals surface area contributed by atoms with Crippen molar-refractivity contribution in [2.24, 2.45) is 0 Å². The third kappa shape index (κ3) is 4.54. The van der Waals surface area contributed by atoms with Gasteiger partial charge >= 0.3 is 0 Å². The number of rotatable bonds is 5. The molecule has 1 aliphatic heterocycles. The van der Waals surface area contributed by atoms with E-state index in [-0.39, 0.29) is 18.3 Å². The minimum absolute atomic E-state index is 0.0605. The first kappa shape index (κ1) is 20.7. The highest BCUT2D eigenvalue weighted by atomic mass is 19.1. The summed E-state index contributed by atoms with van der Waals surface area (Å²) in [4.78, 5) is 28.3. The van der Waals surface area contributed by atoms with Crippen molar-refractivity contribution in [1.29, 1.82) is 0 Å². The topological polar surface area (TPSA) is 102 Å². The molecule has 9 nitrogen and oxygen atoms in total. The Morgan fingerprint density at radius 1 is 1.18 bits per heavy atom. The van der Waals surface area contributed by atoms with Gasteiger partial charge in [-0.05, 0) is 43.3 Å². The van der Waals surface area contributed by atoms with Crippen molar-refractivity contribution in [2.45, 2.75) is 26.4 Å². The maximum atomic E-state index is 13.4. The second-order valence-corrected chi connectivity index (χ2v) is 7.82. The fourth-order valence-corrected chi connectivity index (χ4v) is 3.74. The van der Waals surface area contributed by atoms with Crippen molar-refractivity contribution >= 4 is 17.4 Å². The number of fused-ring (bicyclic) bond motifs is 1. The largest absolute Gasteiger partial charge is 0.340 e. The third-order valence-corrected chi connectivity index (χ3v) is 5.39. The maximum Gasteiger partial charge on any atom is 0.244 e. The van der Waals surface area contributed by atoms with Crippen LogP contribution in [0.5, 0.6) is 0 Å². The van der Waals surface area contributed by atoms with E-state index in [1.165, 1.54) is 16.8 Å². The molecule has 1 amide bonds. The van der Waals surface area contributed by atoms with E-state index >= 15 is 0 Å². The molecule has 1 aromatic carbocycles. The molecule has 0 bridgehead atoms. The van der Waals surface area contributed by atoms with Gasteiger partial charge in [0.2, 0.25) is 5.91 Å². The highest BCUT2D eigenvalue weighted by Crippen LogP contribution is 2.29. The monoisotopic (exact) mass is 444 g/mol. The Hall–Kier alpha value is -4.21. The number of halogens is 1. The lowest BCUT2D eigenvalue weighted by Crippen LogP contribution is -2.39. The van der Waals surface area contributed by atoms with Crippen LogP contribution in [0.25, 0.3) is 11.4 Å². The summed E-state index contributed by atoms with van der Waals surface area (Å²) in [5.74, 6) is 0.750. The Morgan fingerprint density at radius 3 is 2.76 bits per heavy atom. The van der Waals surface area contributed by atoms with E-state index in [1.807, 2.05) is 19.1 Å². The van der Waals surface area contributed by atoms with Crippen LogP contribution in [0.2, 0.25) is 0 Å². The summed E-state index contributed by atoms with van der Waals surface area (Å²) in [6.07, 6.45) is 5.73. The number of carbonyl (C=O) groups is 1. The lowest BCUT2D eigenvalue weighted by molar-refractivity contribution is -0.133. The predicted octanol–water partition coefficient (Wildman–Crippen LogP) is 2.91. The zero-order valence-electron chi connectivity index (χ0n) is 17.9. The van der Waals surface area contributed by atoms with E-state index in [2.05, 4.69) is 20.6 Å². The van der Waals surface area contributed by atoms with Crippen molar-refractivity contribution in [3.05, 3.63) is 77.8 Å². The lowest BCUT2D eigenvalue weighted by atomic mass is 10.0. The van der Waals surface area contributed by atoms with E-state index in [0.29, 0.717) is 36.8 Å². The number of hydrogen-bond acceptors (Lipinski definition) is 7. The summed E-state index contributed by atoms with van der Waals surface area (Å²) in [7, 11) is 0. The van der Waals surface area contributed by atoms with Gasteiger partial charge in [0.1, 0.15) is 18.2 Å². The molecule has 0 atom stereocenters. The van der Waals surface area contributed by atoms with E-state index < -0.39 is 0 Å². The van der Waals surface area contributed by atoms with Crippen LogP contribution < -0.4 is 5.32 Å². The number of anilines is 2. The van der Waals surface area contributed by atoms with Crippen LogP contribution in [0.4, 0.5) is 15.9 Å². The zero-order chi connectivity index (χ0) is 22.8. The van der Waals surface area contributed by atoms with Gasteiger partial charge in [-0.3, -0.25) is 9.78 Å². The van der Waals surface area contributed by atoms with Crippen molar-refractivity contribution in [3.63, 3.8) is 0 Å². The van der Waals surface area contributed by atoms with Gasteiger partial charge in [0.15, 0.2) is 5.82 Å². The van der Waals surface area contributed by atoms with Gasteiger partial charge in [0.25, 0.3) is 0 Å². The normalized spacial score (nSPS) is 13.0. The summed E-state index contributed by atoms with van der Waals surface area (Å²) >= 11 is 0. The summed E-state index contributed by atoms with van der Waals surface area (Å²) in [6, 6.07) is 9.78. The van der Waals surface area contributed by atoms with E-state index in [4.69, 9.17) is 9.97 Å². The molecule has 33 heavy (non-hydrogen) atoms. The molecule has 4 heterocycles. The van der Waals surface area contributed by atoms with Gasteiger partial charge in [-0.25, -0.2) is 19.0 Å². The molecule has 0 spiro atoms. The molecule has 0 aliphatic carbocycles. The SMILES string of the molecule is Cc1cn(CC(=O)N2CCc3nc(-c4cccnc4)nc(Nc4ccc(F)cc4)c3C2)nn1. The fraction of sp³-hybridized carbons (Fsp3) is 0.217.